The van der Waals surface area contributed by atoms with Crippen LogP contribution in [0.25, 0.3) is 11.0 Å². The second-order valence-electron chi connectivity index (χ2n) is 16.5. The Kier molecular flexibility index (Phi) is 14.4. The quantitative estimate of drug-likeness (QED) is 0.0637. The van der Waals surface area contributed by atoms with Crippen molar-refractivity contribution >= 4 is 51.9 Å². The lowest BCUT2D eigenvalue weighted by molar-refractivity contribution is -0.139. The highest BCUT2D eigenvalue weighted by atomic mass is 19.4. The molecule has 3 aliphatic rings. The lowest BCUT2D eigenvalue weighted by Crippen LogP contribution is -2.52. The summed E-state index contributed by atoms with van der Waals surface area (Å²) >= 11 is 0. The number of rotatable bonds is 15. The Labute approximate surface area is 383 Å². The Bertz CT molecular complexity index is 2760. The number of ether oxygens (including phenoxy) is 2. The maximum Gasteiger partial charge on any atom is 0.416 e. The van der Waals surface area contributed by atoms with Gasteiger partial charge >= 0.3 is 6.18 Å². The van der Waals surface area contributed by atoms with E-state index < -0.39 is 29.6 Å². The topological polar surface area (TPSA) is 191 Å². The van der Waals surface area contributed by atoms with Gasteiger partial charge in [-0.05, 0) is 66.9 Å². The van der Waals surface area contributed by atoms with E-state index in [1.807, 2.05) is 17.9 Å². The predicted molar refractivity (Wildman–Crippen MR) is 240 cm³/mol. The number of benzene rings is 3. The van der Waals surface area contributed by atoms with Crippen LogP contribution in [0.4, 0.5) is 24.5 Å². The van der Waals surface area contributed by atoms with Crippen molar-refractivity contribution in [3.05, 3.63) is 118 Å². The molecule has 2 fully saturated rings. The summed E-state index contributed by atoms with van der Waals surface area (Å²) in [5.74, 6) is 4.07. The van der Waals surface area contributed by atoms with Crippen molar-refractivity contribution in [2.45, 2.75) is 51.5 Å². The van der Waals surface area contributed by atoms with E-state index in [9.17, 15) is 37.1 Å². The third kappa shape index (κ3) is 11.5. The van der Waals surface area contributed by atoms with Crippen LogP contribution in [0.3, 0.4) is 0 Å². The second kappa shape index (κ2) is 20.7. The number of hydrogen-bond acceptors (Lipinski definition) is 11. The van der Waals surface area contributed by atoms with E-state index >= 15 is 0 Å². The van der Waals surface area contributed by atoms with Crippen LogP contribution in [0.2, 0.25) is 0 Å². The van der Waals surface area contributed by atoms with Gasteiger partial charge in [0.15, 0.2) is 5.65 Å². The summed E-state index contributed by atoms with van der Waals surface area (Å²) < 4.78 is 54.5. The zero-order valence-corrected chi connectivity index (χ0v) is 36.6. The van der Waals surface area contributed by atoms with E-state index in [2.05, 4.69) is 47.9 Å². The third-order valence-electron chi connectivity index (χ3n) is 11.9. The summed E-state index contributed by atoms with van der Waals surface area (Å²) in [5, 5.41) is 15.3. The Morgan fingerprint density at radius 2 is 1.69 bits per heavy atom. The van der Waals surface area contributed by atoms with Gasteiger partial charge in [0.2, 0.25) is 17.7 Å². The molecule has 67 heavy (non-hydrogen) atoms. The van der Waals surface area contributed by atoms with Crippen molar-refractivity contribution in [2.75, 3.05) is 69.8 Å². The number of amides is 5. The molecule has 3 aromatic carbocycles. The number of anilines is 2. The number of hydrogen-bond donors (Lipinski definition) is 4. The van der Waals surface area contributed by atoms with Crippen molar-refractivity contribution in [1.82, 2.24) is 35.2 Å². The maximum atomic E-state index is 14.4. The number of H-pyrrole nitrogens is 1. The molecule has 5 aromatic rings. The van der Waals surface area contributed by atoms with Crippen LogP contribution in [0.15, 0.2) is 73.1 Å². The van der Waals surface area contributed by atoms with Gasteiger partial charge in [0.1, 0.15) is 6.04 Å². The first kappa shape index (κ1) is 46.5. The van der Waals surface area contributed by atoms with E-state index in [0.29, 0.717) is 79.5 Å². The number of carbonyl (C=O) groups is 5. The number of aryl methyl sites for hydroxylation is 1. The number of aromatic amines is 1. The number of alkyl halides is 3. The molecule has 0 spiro atoms. The number of piperidine rings is 1. The van der Waals surface area contributed by atoms with Crippen LogP contribution >= 0.6 is 0 Å². The molecule has 4 N–H and O–H groups in total. The number of halogens is 3. The third-order valence-corrected chi connectivity index (χ3v) is 11.9. The van der Waals surface area contributed by atoms with Crippen molar-refractivity contribution in [1.29, 1.82) is 0 Å². The van der Waals surface area contributed by atoms with Crippen molar-refractivity contribution in [3.63, 3.8) is 0 Å². The molecule has 16 nitrogen and oxygen atoms in total. The molecule has 0 bridgehead atoms. The molecule has 8 rings (SSSR count). The summed E-state index contributed by atoms with van der Waals surface area (Å²) in [7, 11) is 0. The smallest absolute Gasteiger partial charge is 0.379 e. The van der Waals surface area contributed by atoms with E-state index in [0.717, 1.165) is 17.0 Å². The van der Waals surface area contributed by atoms with Gasteiger partial charge in [-0.3, -0.25) is 44.2 Å². The SMILES string of the molecule is Cc1ccc(C(=O)Nc2ccc(CN3CCN(CCOCCOCCC(=O)Nc4cccc5c4CN(C4CCC(=O)NC4=O)C5=O)CC3)c(C(F)(F)F)c2)cc1C#Cc1cnc2[nH]ncc2c1. The van der Waals surface area contributed by atoms with Gasteiger partial charge in [-0.25, -0.2) is 4.98 Å². The molecular formula is C48H48F3N9O7. The predicted octanol–water partition coefficient (Wildman–Crippen LogP) is 4.88. The number of carbonyl (C=O) groups excluding carboxylic acids is 5. The maximum absolute atomic E-state index is 14.4. The Morgan fingerprint density at radius 3 is 2.48 bits per heavy atom. The van der Waals surface area contributed by atoms with Gasteiger partial charge < -0.3 is 25.0 Å². The number of nitrogens with one attached hydrogen (secondary N) is 4. The minimum absolute atomic E-state index is 0.0304. The van der Waals surface area contributed by atoms with Crippen LogP contribution in [-0.2, 0) is 43.1 Å². The number of piperazine rings is 1. The van der Waals surface area contributed by atoms with Crippen molar-refractivity contribution < 1.29 is 46.6 Å². The average molecular weight is 920 g/mol. The molecule has 0 aliphatic carbocycles. The van der Waals surface area contributed by atoms with Gasteiger partial charge in [-0.2, -0.15) is 18.3 Å². The minimum Gasteiger partial charge on any atom is -0.379 e. The lowest BCUT2D eigenvalue weighted by atomic mass is 10.0. The molecule has 19 heteroatoms. The molecule has 5 amide bonds. The first-order valence-electron chi connectivity index (χ1n) is 21.9. The summed E-state index contributed by atoms with van der Waals surface area (Å²) in [4.78, 5) is 72.9. The number of fused-ring (bicyclic) bond motifs is 2. The molecule has 1 unspecified atom stereocenters. The fourth-order valence-corrected chi connectivity index (χ4v) is 8.21. The van der Waals surface area contributed by atoms with E-state index in [4.69, 9.17) is 9.47 Å². The average Bonchev–Trinajstić information content (AvgIpc) is 3.92. The standard InChI is InChI=1S/C48H48F3N9O7/c1-30-5-7-33(24-32(30)8-6-31-23-35-27-53-57-44(35)52-26-31)45(63)54-36-10-9-34(39(25-36)48(49,50)51)28-59-16-14-58(15-17-59)18-20-67-22-21-66-19-13-43(62)55-40-4-2-3-37-38(40)29-60(47(37)65)41-11-12-42(61)56-46(41)64/h2-5,7,9-10,23-27,41H,11-22,28-29H2,1H3,(H,54,63)(H,55,62)(H,52,53,57)(H,56,61,64). The minimum atomic E-state index is -4.64. The fraction of sp³-hybridized carbons (Fsp3) is 0.354. The number of aromatic nitrogens is 3. The molecule has 348 valence electrons. The number of imide groups is 1. The van der Waals surface area contributed by atoms with Gasteiger partial charge in [-0.15, -0.1) is 0 Å². The van der Waals surface area contributed by atoms with Crippen molar-refractivity contribution in [2.24, 2.45) is 0 Å². The van der Waals surface area contributed by atoms with Gasteiger partial charge in [0.05, 0.1) is 44.6 Å². The molecule has 0 saturated carbocycles. The molecule has 0 radical (unpaired) electrons. The summed E-state index contributed by atoms with van der Waals surface area (Å²) in [6.45, 7) is 6.33. The normalized spacial score (nSPS) is 16.7. The zero-order chi connectivity index (χ0) is 47.1. The molecular weight excluding hydrogens is 872 g/mol. The van der Waals surface area contributed by atoms with Crippen molar-refractivity contribution in [3.8, 4) is 11.8 Å². The van der Waals surface area contributed by atoms with E-state index in [1.165, 1.54) is 17.0 Å². The second-order valence-corrected chi connectivity index (χ2v) is 16.5. The van der Waals surface area contributed by atoms with Crippen LogP contribution < -0.4 is 16.0 Å². The first-order chi connectivity index (χ1) is 32.3. The lowest BCUT2D eigenvalue weighted by Gasteiger charge is -2.35. The van der Waals surface area contributed by atoms with Crippen LogP contribution in [0.1, 0.15) is 73.4 Å². The van der Waals surface area contributed by atoms with Crippen LogP contribution in [-0.4, -0.2) is 125 Å². The van der Waals surface area contributed by atoms with Crippen LogP contribution in [0, 0.1) is 18.8 Å². The highest BCUT2D eigenvalue weighted by Gasteiger charge is 2.40. The molecule has 5 heterocycles. The highest BCUT2D eigenvalue weighted by Crippen LogP contribution is 2.35. The first-order valence-corrected chi connectivity index (χ1v) is 21.9. The van der Waals surface area contributed by atoms with E-state index in [-0.39, 0.29) is 80.1 Å². The largest absolute Gasteiger partial charge is 0.416 e. The van der Waals surface area contributed by atoms with Gasteiger partial charge in [0, 0.05) is 103 Å². The monoisotopic (exact) mass is 919 g/mol. The van der Waals surface area contributed by atoms with E-state index in [1.54, 1.807) is 48.8 Å². The fourth-order valence-electron chi connectivity index (χ4n) is 8.21. The molecule has 1 atom stereocenters. The summed E-state index contributed by atoms with van der Waals surface area (Å²) in [5.41, 5.74) is 3.82. The number of nitrogens with zero attached hydrogens (tertiary/aromatic N) is 5. The van der Waals surface area contributed by atoms with Crippen LogP contribution in [0.5, 0.6) is 0 Å². The number of pyridine rings is 1. The Morgan fingerprint density at radius 1 is 0.896 bits per heavy atom. The Balaban J connectivity index is 0.729. The van der Waals surface area contributed by atoms with Gasteiger partial charge in [-0.1, -0.05) is 30.0 Å². The highest BCUT2D eigenvalue weighted by molar-refractivity contribution is 6.07. The molecule has 2 saturated heterocycles. The zero-order valence-electron chi connectivity index (χ0n) is 36.6. The van der Waals surface area contributed by atoms with Gasteiger partial charge in [0.25, 0.3) is 11.8 Å². The molecule has 2 aromatic heterocycles. The Hall–Kier alpha value is -6.98. The summed E-state index contributed by atoms with van der Waals surface area (Å²) in [6.07, 6.45) is -0.914. The molecule has 3 aliphatic heterocycles. The summed E-state index contributed by atoms with van der Waals surface area (Å²) in [6, 6.07) is 14.9.